The van der Waals surface area contributed by atoms with Crippen molar-refractivity contribution in [3.05, 3.63) is 65.0 Å². The van der Waals surface area contributed by atoms with E-state index >= 15 is 0 Å². The third-order valence-corrected chi connectivity index (χ3v) is 4.58. The third kappa shape index (κ3) is 2.85. The van der Waals surface area contributed by atoms with E-state index in [2.05, 4.69) is 17.0 Å². The largest absolute Gasteiger partial charge is 0.435 e. The number of nitrogens with one attached hydrogen (secondary N) is 1. The number of rotatable bonds is 2. The van der Waals surface area contributed by atoms with E-state index in [4.69, 9.17) is 0 Å². The number of nitrogens with zero attached hydrogens (tertiary/aromatic N) is 2. The van der Waals surface area contributed by atoms with Gasteiger partial charge < -0.3 is 5.32 Å². The molecule has 0 bridgehead atoms. The maximum atomic E-state index is 13.6. The van der Waals surface area contributed by atoms with Crippen LogP contribution >= 0.6 is 0 Å². The minimum atomic E-state index is -4.66. The molecule has 27 heavy (non-hydrogen) atoms. The van der Waals surface area contributed by atoms with E-state index in [1.54, 1.807) is 19.1 Å². The SMILES string of the molecule is C=C1Cc2cc(-c3c(C(F)F)ccc4cc(C(F)(F)F)nn34)cc(C)c2N1. The van der Waals surface area contributed by atoms with Crippen LogP contribution in [0.5, 0.6) is 0 Å². The zero-order valence-electron chi connectivity index (χ0n) is 14.2. The molecule has 0 unspecified atom stereocenters. The highest BCUT2D eigenvalue weighted by Gasteiger charge is 2.35. The lowest BCUT2D eigenvalue weighted by atomic mass is 9.98. The molecule has 2 aromatic heterocycles. The maximum Gasteiger partial charge on any atom is 0.435 e. The Labute approximate surface area is 151 Å². The molecular formula is C19H14F5N3. The lowest BCUT2D eigenvalue weighted by Crippen LogP contribution is -2.07. The van der Waals surface area contributed by atoms with Gasteiger partial charge in [0.2, 0.25) is 0 Å². The fourth-order valence-corrected chi connectivity index (χ4v) is 3.44. The predicted octanol–water partition coefficient (Wildman–Crippen LogP) is 5.75. The number of benzene rings is 1. The van der Waals surface area contributed by atoms with Crippen molar-refractivity contribution in [2.24, 2.45) is 0 Å². The first-order valence-corrected chi connectivity index (χ1v) is 8.12. The first kappa shape index (κ1) is 17.5. The molecule has 0 saturated carbocycles. The Bertz CT molecular complexity index is 1080. The van der Waals surface area contributed by atoms with Crippen LogP contribution in [0.3, 0.4) is 0 Å². The molecule has 0 saturated heterocycles. The van der Waals surface area contributed by atoms with Crippen LogP contribution in [0.4, 0.5) is 27.6 Å². The predicted molar refractivity (Wildman–Crippen MR) is 91.8 cm³/mol. The van der Waals surface area contributed by atoms with Crippen molar-refractivity contribution in [1.29, 1.82) is 0 Å². The second-order valence-electron chi connectivity index (χ2n) is 6.53. The second kappa shape index (κ2) is 5.80. The average Bonchev–Trinajstić information content (AvgIpc) is 3.16. The molecule has 0 fully saturated rings. The van der Waals surface area contributed by atoms with Crippen LogP contribution in [0.1, 0.15) is 28.8 Å². The van der Waals surface area contributed by atoms with Crippen molar-refractivity contribution < 1.29 is 22.0 Å². The van der Waals surface area contributed by atoms with Gasteiger partial charge in [0.15, 0.2) is 5.69 Å². The summed E-state index contributed by atoms with van der Waals surface area (Å²) in [5.74, 6) is 0. The van der Waals surface area contributed by atoms with E-state index in [-0.39, 0.29) is 16.8 Å². The second-order valence-corrected chi connectivity index (χ2v) is 6.53. The van der Waals surface area contributed by atoms with E-state index in [1.807, 2.05) is 0 Å². The zero-order chi connectivity index (χ0) is 19.5. The van der Waals surface area contributed by atoms with Crippen LogP contribution < -0.4 is 5.32 Å². The molecule has 1 aliphatic rings. The molecule has 0 atom stereocenters. The minimum Gasteiger partial charge on any atom is -0.359 e. The van der Waals surface area contributed by atoms with Gasteiger partial charge in [0.1, 0.15) is 0 Å². The molecule has 8 heteroatoms. The summed E-state index contributed by atoms with van der Waals surface area (Å²) in [7, 11) is 0. The van der Waals surface area contributed by atoms with Crippen molar-refractivity contribution in [3.8, 4) is 11.3 Å². The maximum absolute atomic E-state index is 13.6. The van der Waals surface area contributed by atoms with Crippen molar-refractivity contribution in [2.75, 3.05) is 5.32 Å². The van der Waals surface area contributed by atoms with Crippen LogP contribution in [0, 0.1) is 6.92 Å². The number of aromatic nitrogens is 2. The van der Waals surface area contributed by atoms with Crippen LogP contribution in [-0.4, -0.2) is 9.61 Å². The Balaban J connectivity index is 2.01. The third-order valence-electron chi connectivity index (χ3n) is 4.58. The zero-order valence-corrected chi connectivity index (χ0v) is 14.2. The molecule has 3 nitrogen and oxygen atoms in total. The van der Waals surface area contributed by atoms with Gasteiger partial charge in [-0.15, -0.1) is 0 Å². The number of allylic oxidation sites excluding steroid dienone is 1. The Hall–Kier alpha value is -2.90. The van der Waals surface area contributed by atoms with Gasteiger partial charge in [0, 0.05) is 28.9 Å². The number of halogens is 5. The molecule has 3 aromatic rings. The Morgan fingerprint density at radius 1 is 1.19 bits per heavy atom. The summed E-state index contributed by atoms with van der Waals surface area (Å²) in [6.07, 6.45) is -7.00. The van der Waals surface area contributed by atoms with Crippen molar-refractivity contribution in [3.63, 3.8) is 0 Å². The first-order chi connectivity index (χ1) is 12.6. The summed E-state index contributed by atoms with van der Waals surface area (Å²) >= 11 is 0. The number of anilines is 1. The summed E-state index contributed by atoms with van der Waals surface area (Å²) in [5, 5.41) is 6.70. The number of hydrogen-bond donors (Lipinski definition) is 1. The Kier molecular flexibility index (Phi) is 3.76. The molecule has 3 heterocycles. The minimum absolute atomic E-state index is 0.0404. The van der Waals surface area contributed by atoms with Crippen LogP contribution in [0.15, 0.2) is 42.6 Å². The van der Waals surface area contributed by atoms with Crippen molar-refractivity contribution >= 4 is 11.2 Å². The van der Waals surface area contributed by atoms with Crippen molar-refractivity contribution in [1.82, 2.24) is 9.61 Å². The van der Waals surface area contributed by atoms with Gasteiger partial charge in [-0.05, 0) is 48.4 Å². The highest BCUT2D eigenvalue weighted by atomic mass is 19.4. The van der Waals surface area contributed by atoms with Gasteiger partial charge in [-0.25, -0.2) is 13.3 Å². The van der Waals surface area contributed by atoms with E-state index < -0.39 is 18.3 Å². The number of aryl methyl sites for hydroxylation is 1. The number of hydrogen-bond acceptors (Lipinski definition) is 2. The Morgan fingerprint density at radius 3 is 2.59 bits per heavy atom. The molecule has 1 N–H and O–H groups in total. The molecule has 1 aliphatic heterocycles. The smallest absolute Gasteiger partial charge is 0.359 e. The average molecular weight is 379 g/mol. The molecule has 0 aliphatic carbocycles. The van der Waals surface area contributed by atoms with E-state index in [0.29, 0.717) is 12.0 Å². The van der Waals surface area contributed by atoms with Gasteiger partial charge >= 0.3 is 6.18 Å². The van der Waals surface area contributed by atoms with Gasteiger partial charge in [0.25, 0.3) is 6.43 Å². The van der Waals surface area contributed by atoms with Gasteiger partial charge in [0.05, 0.1) is 11.2 Å². The fraction of sp³-hybridized carbons (Fsp3) is 0.211. The first-order valence-electron chi connectivity index (χ1n) is 8.12. The van der Waals surface area contributed by atoms with E-state index in [1.165, 1.54) is 6.07 Å². The monoisotopic (exact) mass is 379 g/mol. The molecule has 0 spiro atoms. The topological polar surface area (TPSA) is 29.3 Å². The highest BCUT2D eigenvalue weighted by Crippen LogP contribution is 2.39. The summed E-state index contributed by atoms with van der Waals surface area (Å²) in [4.78, 5) is 0. The summed E-state index contributed by atoms with van der Waals surface area (Å²) < 4.78 is 67.4. The summed E-state index contributed by atoms with van der Waals surface area (Å²) in [6, 6.07) is 6.58. The molecule has 1 aromatic carbocycles. The molecule has 4 rings (SSSR count). The van der Waals surface area contributed by atoms with Gasteiger partial charge in [-0.3, -0.25) is 0 Å². The quantitative estimate of drug-likeness (QED) is 0.575. The normalized spacial score (nSPS) is 14.1. The highest BCUT2D eigenvalue weighted by molar-refractivity contribution is 5.76. The lowest BCUT2D eigenvalue weighted by Gasteiger charge is -2.14. The number of pyridine rings is 1. The molecule has 0 amide bonds. The fourth-order valence-electron chi connectivity index (χ4n) is 3.44. The van der Waals surface area contributed by atoms with Gasteiger partial charge in [-0.2, -0.15) is 18.3 Å². The van der Waals surface area contributed by atoms with E-state index in [0.717, 1.165) is 39.2 Å². The molecule has 140 valence electrons. The molecular weight excluding hydrogens is 365 g/mol. The Morgan fingerprint density at radius 2 is 1.93 bits per heavy atom. The van der Waals surface area contributed by atoms with Crippen LogP contribution in [0.2, 0.25) is 0 Å². The lowest BCUT2D eigenvalue weighted by molar-refractivity contribution is -0.141. The van der Waals surface area contributed by atoms with Gasteiger partial charge in [-0.1, -0.05) is 6.58 Å². The van der Waals surface area contributed by atoms with E-state index in [9.17, 15) is 22.0 Å². The standard InChI is InChI=1S/C19H14F5N3/c1-9-5-12(7-11-6-10(2)25-16(9)11)17-14(18(20)21)4-3-13-8-15(19(22,23)24)26-27(13)17/h3-5,7-8,18,25H,2,6H2,1H3. The van der Waals surface area contributed by atoms with Crippen LogP contribution in [0.25, 0.3) is 16.8 Å². The summed E-state index contributed by atoms with van der Waals surface area (Å²) in [6.45, 7) is 5.67. The number of fused-ring (bicyclic) bond motifs is 2. The van der Waals surface area contributed by atoms with Crippen LogP contribution in [-0.2, 0) is 12.6 Å². The summed E-state index contributed by atoms with van der Waals surface area (Å²) in [5.41, 5.74) is 2.23. The molecule has 0 radical (unpaired) electrons. The van der Waals surface area contributed by atoms with Crippen molar-refractivity contribution in [2.45, 2.75) is 25.9 Å². The number of alkyl halides is 5.